The molecular formula is C22H26N2O7. The minimum atomic E-state index is -0.680. The lowest BCUT2D eigenvalue weighted by molar-refractivity contribution is -0.119. The number of ether oxygens (including phenoxy) is 4. The van der Waals surface area contributed by atoms with Gasteiger partial charge in [-0.15, -0.1) is 0 Å². The Bertz CT molecular complexity index is 934. The highest BCUT2D eigenvalue weighted by atomic mass is 16.6. The number of carbonyl (C=O) groups excluding carboxylic acids is 3. The Kier molecular flexibility index (Phi) is 7.84. The fourth-order valence-corrected chi connectivity index (χ4v) is 2.41. The van der Waals surface area contributed by atoms with Gasteiger partial charge in [0.1, 0.15) is 17.1 Å². The van der Waals surface area contributed by atoms with E-state index >= 15 is 0 Å². The molecule has 0 spiro atoms. The van der Waals surface area contributed by atoms with Crippen molar-refractivity contribution in [2.24, 2.45) is 0 Å². The fourth-order valence-electron chi connectivity index (χ4n) is 2.41. The first-order chi connectivity index (χ1) is 14.6. The van der Waals surface area contributed by atoms with Crippen LogP contribution in [-0.4, -0.2) is 44.4 Å². The van der Waals surface area contributed by atoms with Crippen LogP contribution in [0.4, 0.5) is 16.2 Å². The SMILES string of the molecule is COc1ccc(NC(=O)COC(=O)c2ccc(NC(=O)OC(C)(C)C)cc2)c(OC)c1. The van der Waals surface area contributed by atoms with Crippen LogP contribution in [0.25, 0.3) is 0 Å². The van der Waals surface area contributed by atoms with Crippen molar-refractivity contribution in [2.45, 2.75) is 26.4 Å². The summed E-state index contributed by atoms with van der Waals surface area (Å²) in [5.74, 6) is -0.223. The van der Waals surface area contributed by atoms with Crippen molar-refractivity contribution in [2.75, 3.05) is 31.5 Å². The van der Waals surface area contributed by atoms with Gasteiger partial charge in [0.05, 0.1) is 25.5 Å². The molecule has 0 aliphatic heterocycles. The van der Waals surface area contributed by atoms with E-state index in [0.29, 0.717) is 22.9 Å². The van der Waals surface area contributed by atoms with Gasteiger partial charge in [0.2, 0.25) is 0 Å². The molecule has 166 valence electrons. The third kappa shape index (κ3) is 7.54. The van der Waals surface area contributed by atoms with Gasteiger partial charge in [-0.25, -0.2) is 9.59 Å². The predicted octanol–water partition coefficient (Wildman–Crippen LogP) is 3.85. The third-order valence-corrected chi connectivity index (χ3v) is 3.78. The molecular weight excluding hydrogens is 404 g/mol. The van der Waals surface area contributed by atoms with Crippen LogP contribution in [0.1, 0.15) is 31.1 Å². The molecule has 9 nitrogen and oxygen atoms in total. The van der Waals surface area contributed by atoms with Gasteiger partial charge < -0.3 is 24.3 Å². The standard InChI is InChI=1S/C22H26N2O7/c1-22(2,3)31-21(27)23-15-8-6-14(7-9-15)20(26)30-13-19(25)24-17-11-10-16(28-4)12-18(17)29-5/h6-12H,13H2,1-5H3,(H,23,27)(H,24,25). The summed E-state index contributed by atoms with van der Waals surface area (Å²) in [5.41, 5.74) is 0.478. The van der Waals surface area contributed by atoms with Crippen LogP contribution < -0.4 is 20.1 Å². The molecule has 0 radical (unpaired) electrons. The van der Waals surface area contributed by atoms with Crippen LogP contribution in [0, 0.1) is 0 Å². The first-order valence-corrected chi connectivity index (χ1v) is 9.40. The lowest BCUT2D eigenvalue weighted by atomic mass is 10.2. The minimum Gasteiger partial charge on any atom is -0.497 e. The fraction of sp³-hybridized carbons (Fsp3) is 0.318. The van der Waals surface area contributed by atoms with Crippen molar-refractivity contribution >= 4 is 29.3 Å². The number of anilines is 2. The maximum absolute atomic E-state index is 12.2. The Hall–Kier alpha value is -3.75. The summed E-state index contributed by atoms with van der Waals surface area (Å²) in [6.07, 6.45) is -0.603. The van der Waals surface area contributed by atoms with Gasteiger partial charge >= 0.3 is 12.1 Å². The van der Waals surface area contributed by atoms with E-state index in [4.69, 9.17) is 18.9 Å². The second-order valence-corrected chi connectivity index (χ2v) is 7.39. The van der Waals surface area contributed by atoms with Crippen LogP contribution in [-0.2, 0) is 14.3 Å². The highest BCUT2D eigenvalue weighted by molar-refractivity contribution is 5.96. The molecule has 0 saturated carbocycles. The summed E-state index contributed by atoms with van der Waals surface area (Å²) >= 11 is 0. The van der Waals surface area contributed by atoms with E-state index in [1.165, 1.54) is 38.5 Å². The normalized spacial score (nSPS) is 10.6. The molecule has 2 aromatic rings. The largest absolute Gasteiger partial charge is 0.497 e. The first-order valence-electron chi connectivity index (χ1n) is 9.40. The van der Waals surface area contributed by atoms with Crippen molar-refractivity contribution in [1.82, 2.24) is 0 Å². The Labute approximate surface area is 180 Å². The zero-order valence-electron chi connectivity index (χ0n) is 18.1. The summed E-state index contributed by atoms with van der Waals surface area (Å²) in [6.45, 7) is 4.79. The van der Waals surface area contributed by atoms with Crippen LogP contribution in [0.15, 0.2) is 42.5 Å². The lowest BCUT2D eigenvalue weighted by Crippen LogP contribution is -2.27. The number of nitrogens with one attached hydrogen (secondary N) is 2. The lowest BCUT2D eigenvalue weighted by Gasteiger charge is -2.19. The Morgan fingerprint density at radius 3 is 2.16 bits per heavy atom. The van der Waals surface area contributed by atoms with E-state index in [1.54, 1.807) is 39.0 Å². The van der Waals surface area contributed by atoms with E-state index in [-0.39, 0.29) is 5.56 Å². The van der Waals surface area contributed by atoms with E-state index in [2.05, 4.69) is 10.6 Å². The van der Waals surface area contributed by atoms with Gasteiger partial charge in [0.15, 0.2) is 6.61 Å². The number of hydrogen-bond acceptors (Lipinski definition) is 7. The highest BCUT2D eigenvalue weighted by Crippen LogP contribution is 2.28. The zero-order chi connectivity index (χ0) is 23.0. The van der Waals surface area contributed by atoms with E-state index < -0.39 is 30.2 Å². The number of benzene rings is 2. The van der Waals surface area contributed by atoms with Crippen LogP contribution in [0.5, 0.6) is 11.5 Å². The second-order valence-electron chi connectivity index (χ2n) is 7.39. The Morgan fingerprint density at radius 1 is 0.903 bits per heavy atom. The Morgan fingerprint density at radius 2 is 1.58 bits per heavy atom. The molecule has 0 atom stereocenters. The monoisotopic (exact) mass is 430 g/mol. The molecule has 0 aliphatic carbocycles. The highest BCUT2D eigenvalue weighted by Gasteiger charge is 2.17. The molecule has 2 amide bonds. The number of hydrogen-bond donors (Lipinski definition) is 2. The number of esters is 1. The van der Waals surface area contributed by atoms with E-state index in [1.807, 2.05) is 0 Å². The first kappa shape index (κ1) is 23.5. The number of methoxy groups -OCH3 is 2. The van der Waals surface area contributed by atoms with Crippen molar-refractivity contribution in [3.8, 4) is 11.5 Å². The van der Waals surface area contributed by atoms with Gasteiger partial charge in [-0.2, -0.15) is 0 Å². The van der Waals surface area contributed by atoms with Gasteiger partial charge in [-0.05, 0) is 57.2 Å². The van der Waals surface area contributed by atoms with Crippen LogP contribution >= 0.6 is 0 Å². The van der Waals surface area contributed by atoms with Crippen molar-refractivity contribution in [3.63, 3.8) is 0 Å². The molecule has 2 rings (SSSR count). The van der Waals surface area contributed by atoms with Crippen molar-refractivity contribution < 1.29 is 33.3 Å². The van der Waals surface area contributed by atoms with E-state index in [9.17, 15) is 14.4 Å². The average molecular weight is 430 g/mol. The number of amides is 2. The van der Waals surface area contributed by atoms with Crippen molar-refractivity contribution in [3.05, 3.63) is 48.0 Å². The summed E-state index contributed by atoms with van der Waals surface area (Å²) in [5, 5.41) is 5.17. The Balaban J connectivity index is 1.88. The summed E-state index contributed by atoms with van der Waals surface area (Å²) in [4.78, 5) is 36.1. The molecule has 31 heavy (non-hydrogen) atoms. The minimum absolute atomic E-state index is 0.226. The number of carbonyl (C=O) groups is 3. The average Bonchev–Trinajstić information content (AvgIpc) is 2.71. The maximum Gasteiger partial charge on any atom is 0.412 e. The molecule has 0 aliphatic rings. The third-order valence-electron chi connectivity index (χ3n) is 3.78. The smallest absolute Gasteiger partial charge is 0.412 e. The van der Waals surface area contributed by atoms with Gasteiger partial charge in [0, 0.05) is 11.8 Å². The summed E-state index contributed by atoms with van der Waals surface area (Å²) < 4.78 is 20.5. The van der Waals surface area contributed by atoms with Gasteiger partial charge in [0.25, 0.3) is 5.91 Å². The molecule has 0 aromatic heterocycles. The number of rotatable bonds is 7. The quantitative estimate of drug-likeness (QED) is 0.642. The molecule has 0 fully saturated rings. The molecule has 0 saturated heterocycles. The molecule has 2 aromatic carbocycles. The van der Waals surface area contributed by atoms with Crippen LogP contribution in [0.2, 0.25) is 0 Å². The van der Waals surface area contributed by atoms with Gasteiger partial charge in [-0.1, -0.05) is 0 Å². The maximum atomic E-state index is 12.2. The predicted molar refractivity (Wildman–Crippen MR) is 115 cm³/mol. The second kappa shape index (κ2) is 10.3. The molecule has 0 unspecified atom stereocenters. The summed E-state index contributed by atoms with van der Waals surface area (Å²) in [6, 6.07) is 10.9. The van der Waals surface area contributed by atoms with Crippen LogP contribution in [0.3, 0.4) is 0 Å². The van der Waals surface area contributed by atoms with Gasteiger partial charge in [-0.3, -0.25) is 10.1 Å². The zero-order valence-corrected chi connectivity index (χ0v) is 18.1. The van der Waals surface area contributed by atoms with E-state index in [0.717, 1.165) is 0 Å². The van der Waals surface area contributed by atoms with Crippen molar-refractivity contribution in [1.29, 1.82) is 0 Å². The molecule has 9 heteroatoms. The molecule has 2 N–H and O–H groups in total. The topological polar surface area (TPSA) is 112 Å². The molecule has 0 bridgehead atoms. The summed E-state index contributed by atoms with van der Waals surface area (Å²) in [7, 11) is 2.98. The molecule has 0 heterocycles.